The van der Waals surface area contributed by atoms with E-state index in [1.54, 1.807) is 17.9 Å². The molecule has 2 saturated heterocycles. The highest BCUT2D eigenvalue weighted by atomic mass is 19.1. The van der Waals surface area contributed by atoms with Crippen LogP contribution in [0.5, 0.6) is 0 Å². The second-order valence-electron chi connectivity index (χ2n) is 7.67. The second kappa shape index (κ2) is 8.99. The van der Waals surface area contributed by atoms with Crippen LogP contribution >= 0.6 is 0 Å². The Bertz CT molecular complexity index is 649. The number of carbonyl (C=O) groups is 1. The van der Waals surface area contributed by atoms with Crippen LogP contribution in [0, 0.1) is 12.7 Å². The zero-order valence-electron chi connectivity index (χ0n) is 16.5. The number of nitrogens with one attached hydrogen (secondary N) is 2. The van der Waals surface area contributed by atoms with Crippen molar-refractivity contribution in [3.63, 3.8) is 0 Å². The fourth-order valence-electron chi connectivity index (χ4n) is 3.65. The normalized spacial score (nSPS) is 22.7. The number of ether oxygens (including phenoxy) is 1. The number of hydrogen-bond donors (Lipinski definition) is 2. The third kappa shape index (κ3) is 4.97. The molecule has 0 radical (unpaired) electrons. The number of benzene rings is 1. The minimum atomic E-state index is -0.385. The van der Waals surface area contributed by atoms with E-state index in [2.05, 4.69) is 29.4 Å². The van der Waals surface area contributed by atoms with E-state index in [9.17, 15) is 9.18 Å². The molecular weight excluding hydrogens is 347 g/mol. The van der Waals surface area contributed by atoms with Crippen molar-refractivity contribution >= 4 is 6.03 Å². The molecule has 0 aliphatic carbocycles. The average molecular weight is 378 g/mol. The maximum atomic E-state index is 14.2. The van der Waals surface area contributed by atoms with Crippen LogP contribution in [0.3, 0.4) is 0 Å². The molecule has 0 spiro atoms. The van der Waals surface area contributed by atoms with Gasteiger partial charge in [-0.2, -0.15) is 0 Å². The minimum absolute atomic E-state index is 0.118. The van der Waals surface area contributed by atoms with Crippen molar-refractivity contribution < 1.29 is 13.9 Å². The Kier molecular flexibility index (Phi) is 6.68. The van der Waals surface area contributed by atoms with E-state index in [1.165, 1.54) is 6.07 Å². The predicted octanol–water partition coefficient (Wildman–Crippen LogP) is 1.90. The van der Waals surface area contributed by atoms with Crippen LogP contribution in [-0.4, -0.2) is 73.9 Å². The van der Waals surface area contributed by atoms with Gasteiger partial charge >= 0.3 is 6.03 Å². The number of nitrogens with zero attached hydrogens (tertiary/aromatic N) is 2. The Labute approximate surface area is 161 Å². The molecule has 2 N–H and O–H groups in total. The van der Waals surface area contributed by atoms with Gasteiger partial charge in [-0.15, -0.1) is 0 Å². The molecule has 1 aromatic carbocycles. The molecule has 2 atom stereocenters. The second-order valence-corrected chi connectivity index (χ2v) is 7.67. The molecule has 27 heavy (non-hydrogen) atoms. The minimum Gasteiger partial charge on any atom is -0.373 e. The summed E-state index contributed by atoms with van der Waals surface area (Å²) in [7, 11) is 0. The number of rotatable bonds is 4. The first-order chi connectivity index (χ1) is 13.0. The molecule has 7 heteroatoms. The Morgan fingerprint density at radius 3 is 2.70 bits per heavy atom. The highest BCUT2D eigenvalue weighted by Gasteiger charge is 2.33. The van der Waals surface area contributed by atoms with E-state index < -0.39 is 0 Å². The van der Waals surface area contributed by atoms with Gasteiger partial charge in [0.05, 0.1) is 18.8 Å². The highest BCUT2D eigenvalue weighted by molar-refractivity contribution is 5.75. The number of halogens is 1. The third-order valence-corrected chi connectivity index (χ3v) is 5.47. The molecule has 2 fully saturated rings. The molecular formula is C20H31FN4O2. The first-order valence-electron chi connectivity index (χ1n) is 9.83. The van der Waals surface area contributed by atoms with Crippen LogP contribution in [0.2, 0.25) is 0 Å². The Balaban J connectivity index is 1.81. The summed E-state index contributed by atoms with van der Waals surface area (Å²) in [6.45, 7) is 11.2. The predicted molar refractivity (Wildman–Crippen MR) is 103 cm³/mol. The standard InChI is InChI=1S/C20H31FN4O2/c1-14(2)25-10-11-27-18(13-25)19(16-5-4-15(3)17(21)12-16)23-20(26)24-8-6-22-7-9-24/h4-5,12,14,18-19,22H,6-11,13H2,1-3H3,(H,23,26)/t18-,19?/m0/s1. The number of carbonyl (C=O) groups excluding carboxylic acids is 1. The van der Waals surface area contributed by atoms with Gasteiger partial charge in [0.1, 0.15) is 5.82 Å². The lowest BCUT2D eigenvalue weighted by Gasteiger charge is -2.40. The molecule has 0 saturated carbocycles. The van der Waals surface area contributed by atoms with Gasteiger partial charge in [-0.1, -0.05) is 12.1 Å². The molecule has 2 aliphatic heterocycles. The SMILES string of the molecule is Cc1ccc(C(NC(=O)N2CCNCC2)[C@@H]2CN(C(C)C)CCO2)cc1F. The van der Waals surface area contributed by atoms with Gasteiger partial charge in [0.25, 0.3) is 0 Å². The van der Waals surface area contributed by atoms with Crippen LogP contribution < -0.4 is 10.6 Å². The molecule has 2 heterocycles. The first-order valence-corrected chi connectivity index (χ1v) is 9.83. The molecule has 3 rings (SSSR count). The van der Waals surface area contributed by atoms with E-state index >= 15 is 0 Å². The zero-order chi connectivity index (χ0) is 19.4. The van der Waals surface area contributed by atoms with E-state index in [-0.39, 0.29) is 24.0 Å². The zero-order valence-corrected chi connectivity index (χ0v) is 16.5. The smallest absolute Gasteiger partial charge is 0.318 e. The molecule has 150 valence electrons. The molecule has 0 aromatic heterocycles. The first kappa shape index (κ1) is 20.0. The van der Waals surface area contributed by atoms with Crippen molar-refractivity contribution in [1.29, 1.82) is 0 Å². The van der Waals surface area contributed by atoms with Gasteiger partial charge in [-0.05, 0) is 38.0 Å². The summed E-state index contributed by atoms with van der Waals surface area (Å²) in [5.74, 6) is -0.259. The van der Waals surface area contributed by atoms with E-state index in [0.29, 0.717) is 37.8 Å². The lowest BCUT2D eigenvalue weighted by atomic mass is 9.98. The van der Waals surface area contributed by atoms with E-state index in [4.69, 9.17) is 4.74 Å². The molecule has 0 bridgehead atoms. The maximum absolute atomic E-state index is 14.2. The number of urea groups is 1. The lowest BCUT2D eigenvalue weighted by molar-refractivity contribution is -0.0548. The molecule has 1 unspecified atom stereocenters. The quantitative estimate of drug-likeness (QED) is 0.840. The fraction of sp³-hybridized carbons (Fsp3) is 0.650. The number of hydrogen-bond acceptors (Lipinski definition) is 4. The van der Waals surface area contributed by atoms with Crippen molar-refractivity contribution in [2.24, 2.45) is 0 Å². The van der Waals surface area contributed by atoms with Crippen molar-refractivity contribution in [3.8, 4) is 0 Å². The van der Waals surface area contributed by atoms with Crippen molar-refractivity contribution in [2.45, 2.75) is 39.0 Å². The van der Waals surface area contributed by atoms with E-state index in [1.807, 2.05) is 6.07 Å². The van der Waals surface area contributed by atoms with Gasteiger partial charge in [0.15, 0.2) is 0 Å². The van der Waals surface area contributed by atoms with Gasteiger partial charge in [0, 0.05) is 45.3 Å². The highest BCUT2D eigenvalue weighted by Crippen LogP contribution is 2.25. The van der Waals surface area contributed by atoms with Crippen LogP contribution in [0.15, 0.2) is 18.2 Å². The lowest BCUT2D eigenvalue weighted by Crippen LogP contribution is -2.55. The summed E-state index contributed by atoms with van der Waals surface area (Å²) >= 11 is 0. The summed E-state index contributed by atoms with van der Waals surface area (Å²) in [4.78, 5) is 17.0. The van der Waals surface area contributed by atoms with E-state index in [0.717, 1.165) is 25.2 Å². The van der Waals surface area contributed by atoms with Gasteiger partial charge in [-0.3, -0.25) is 4.90 Å². The molecule has 6 nitrogen and oxygen atoms in total. The summed E-state index contributed by atoms with van der Waals surface area (Å²) < 4.78 is 20.2. The van der Waals surface area contributed by atoms with Gasteiger partial charge in [0.2, 0.25) is 0 Å². The molecule has 2 amide bonds. The summed E-state index contributed by atoms with van der Waals surface area (Å²) in [5.41, 5.74) is 1.34. The summed E-state index contributed by atoms with van der Waals surface area (Å²) in [6.07, 6.45) is -0.213. The van der Waals surface area contributed by atoms with Crippen LogP contribution in [0.25, 0.3) is 0 Å². The van der Waals surface area contributed by atoms with Gasteiger partial charge in [-0.25, -0.2) is 9.18 Å². The van der Waals surface area contributed by atoms with Crippen molar-refractivity contribution in [1.82, 2.24) is 20.4 Å². The average Bonchev–Trinajstić information content (AvgIpc) is 2.69. The van der Waals surface area contributed by atoms with Crippen molar-refractivity contribution in [2.75, 3.05) is 45.9 Å². The summed E-state index contributed by atoms with van der Waals surface area (Å²) in [6, 6.07) is 5.07. The molecule has 1 aromatic rings. The summed E-state index contributed by atoms with van der Waals surface area (Å²) in [5, 5.41) is 6.37. The Hall–Kier alpha value is -1.70. The number of aryl methyl sites for hydroxylation is 1. The monoisotopic (exact) mass is 378 g/mol. The topological polar surface area (TPSA) is 56.8 Å². The maximum Gasteiger partial charge on any atom is 0.318 e. The van der Waals surface area contributed by atoms with Crippen LogP contribution in [0.1, 0.15) is 31.0 Å². The fourth-order valence-corrected chi connectivity index (χ4v) is 3.65. The van der Waals surface area contributed by atoms with Crippen molar-refractivity contribution in [3.05, 3.63) is 35.1 Å². The number of morpholine rings is 1. The van der Waals surface area contributed by atoms with Crippen LogP contribution in [-0.2, 0) is 4.74 Å². The largest absolute Gasteiger partial charge is 0.373 e. The Morgan fingerprint density at radius 1 is 1.30 bits per heavy atom. The number of piperazine rings is 1. The number of amides is 2. The Morgan fingerprint density at radius 2 is 2.04 bits per heavy atom. The van der Waals surface area contributed by atoms with Gasteiger partial charge < -0.3 is 20.3 Å². The van der Waals surface area contributed by atoms with Crippen LogP contribution in [0.4, 0.5) is 9.18 Å². The molecule has 2 aliphatic rings. The third-order valence-electron chi connectivity index (χ3n) is 5.47.